The van der Waals surface area contributed by atoms with E-state index in [1.165, 1.54) is 6.42 Å². The first-order valence-corrected chi connectivity index (χ1v) is 7.24. The number of hydrogen-bond acceptors (Lipinski definition) is 3. The predicted molar refractivity (Wildman–Crippen MR) is 77.6 cm³/mol. The molecule has 3 rings (SSSR count). The minimum absolute atomic E-state index is 0.376. The van der Waals surface area contributed by atoms with E-state index in [0.29, 0.717) is 24.1 Å². The van der Waals surface area contributed by atoms with Gasteiger partial charge in [0.2, 0.25) is 0 Å². The Kier molecular flexibility index (Phi) is 3.34. The number of benzene rings is 1. The summed E-state index contributed by atoms with van der Waals surface area (Å²) in [6.45, 7) is 6.99. The Morgan fingerprint density at radius 2 is 1.75 bits per heavy atom. The molecule has 2 atom stereocenters. The molecule has 2 aliphatic rings. The molecule has 1 aromatic rings. The Balaban J connectivity index is 1.81. The molecule has 0 saturated carbocycles. The summed E-state index contributed by atoms with van der Waals surface area (Å²) in [5.74, 6) is 0.514. The molecule has 4 nitrogen and oxygen atoms in total. The lowest BCUT2D eigenvalue weighted by atomic mass is 9.92. The Morgan fingerprint density at radius 3 is 2.45 bits per heavy atom. The maximum absolute atomic E-state index is 12.1. The Labute approximate surface area is 119 Å². The molecule has 0 unspecified atom stereocenters. The van der Waals surface area contributed by atoms with Gasteiger partial charge in [0.15, 0.2) is 0 Å². The third-order valence-electron chi connectivity index (χ3n) is 4.16. The standard InChI is InChI=1S/C16H20N2O2/c1-11-7-12(2)9-17(8-11)10-18-14-6-4-3-5-13(14)15(19)16(18)20/h3-6,11-12H,7-10H2,1-2H3/t11-,12+. The van der Waals surface area contributed by atoms with Crippen LogP contribution in [0, 0.1) is 11.8 Å². The average Bonchev–Trinajstić information content (AvgIpc) is 2.64. The van der Waals surface area contributed by atoms with Crippen molar-refractivity contribution in [2.45, 2.75) is 20.3 Å². The molecule has 0 N–H and O–H groups in total. The number of carbonyl (C=O) groups excluding carboxylic acids is 2. The van der Waals surface area contributed by atoms with Gasteiger partial charge >= 0.3 is 5.91 Å². The number of Topliss-reactive ketones (excluding diaryl/α,β-unsaturated/α-hetero) is 1. The molecule has 106 valence electrons. The monoisotopic (exact) mass is 272 g/mol. The predicted octanol–water partition coefficient (Wildman–Crippen LogP) is 2.15. The number of ketones is 1. The van der Waals surface area contributed by atoms with Gasteiger partial charge in [-0.1, -0.05) is 26.0 Å². The van der Waals surface area contributed by atoms with Gasteiger partial charge in [-0.15, -0.1) is 0 Å². The van der Waals surface area contributed by atoms with Crippen LogP contribution in [-0.2, 0) is 4.79 Å². The van der Waals surface area contributed by atoms with E-state index in [-0.39, 0.29) is 5.78 Å². The molecule has 0 aromatic heterocycles. The number of rotatable bonds is 2. The van der Waals surface area contributed by atoms with E-state index in [2.05, 4.69) is 18.7 Å². The molecule has 1 aromatic carbocycles. The van der Waals surface area contributed by atoms with Gasteiger partial charge in [-0.3, -0.25) is 19.4 Å². The zero-order valence-corrected chi connectivity index (χ0v) is 12.0. The van der Waals surface area contributed by atoms with E-state index in [1.54, 1.807) is 17.0 Å². The van der Waals surface area contributed by atoms with Crippen molar-refractivity contribution in [3.8, 4) is 0 Å². The summed E-state index contributed by atoms with van der Waals surface area (Å²) in [6.07, 6.45) is 1.24. The number of fused-ring (bicyclic) bond motifs is 1. The third-order valence-corrected chi connectivity index (χ3v) is 4.16. The van der Waals surface area contributed by atoms with Crippen LogP contribution in [0.1, 0.15) is 30.6 Å². The van der Waals surface area contributed by atoms with Crippen LogP contribution in [-0.4, -0.2) is 36.3 Å². The lowest BCUT2D eigenvalue weighted by molar-refractivity contribution is -0.114. The van der Waals surface area contributed by atoms with Crippen molar-refractivity contribution in [1.29, 1.82) is 0 Å². The molecule has 4 heteroatoms. The van der Waals surface area contributed by atoms with Crippen LogP contribution in [0.15, 0.2) is 24.3 Å². The first-order chi connectivity index (χ1) is 9.56. The molecule has 2 heterocycles. The van der Waals surface area contributed by atoms with E-state index in [1.807, 2.05) is 12.1 Å². The van der Waals surface area contributed by atoms with Crippen LogP contribution < -0.4 is 4.90 Å². The topological polar surface area (TPSA) is 40.6 Å². The maximum Gasteiger partial charge on any atom is 0.300 e. The largest absolute Gasteiger partial charge is 0.300 e. The van der Waals surface area contributed by atoms with Crippen LogP contribution in [0.4, 0.5) is 5.69 Å². The van der Waals surface area contributed by atoms with Crippen molar-refractivity contribution in [2.75, 3.05) is 24.7 Å². The highest BCUT2D eigenvalue weighted by Gasteiger charge is 2.37. The molecule has 0 bridgehead atoms. The average molecular weight is 272 g/mol. The summed E-state index contributed by atoms with van der Waals surface area (Å²) in [6, 6.07) is 7.27. The minimum Gasteiger partial charge on any atom is -0.291 e. The van der Waals surface area contributed by atoms with Gasteiger partial charge in [0, 0.05) is 13.1 Å². The number of anilines is 1. The molecule has 1 fully saturated rings. The fourth-order valence-electron chi connectivity index (χ4n) is 3.50. The summed E-state index contributed by atoms with van der Waals surface area (Å²) in [7, 11) is 0. The summed E-state index contributed by atoms with van der Waals surface area (Å²) in [5.41, 5.74) is 1.30. The van der Waals surface area contributed by atoms with Gasteiger partial charge in [0.25, 0.3) is 5.78 Å². The third kappa shape index (κ3) is 2.24. The van der Waals surface area contributed by atoms with Crippen molar-refractivity contribution < 1.29 is 9.59 Å². The zero-order valence-electron chi connectivity index (χ0n) is 12.0. The number of nitrogens with zero attached hydrogens (tertiary/aromatic N) is 2. The van der Waals surface area contributed by atoms with Gasteiger partial charge in [-0.25, -0.2) is 0 Å². The van der Waals surface area contributed by atoms with Crippen molar-refractivity contribution >= 4 is 17.4 Å². The van der Waals surface area contributed by atoms with E-state index in [4.69, 9.17) is 0 Å². The highest BCUT2D eigenvalue weighted by atomic mass is 16.2. The normalized spacial score (nSPS) is 27.0. The first-order valence-electron chi connectivity index (χ1n) is 7.24. The molecular weight excluding hydrogens is 252 g/mol. The highest BCUT2D eigenvalue weighted by Crippen LogP contribution is 2.30. The van der Waals surface area contributed by atoms with Crippen molar-refractivity contribution in [3.63, 3.8) is 0 Å². The van der Waals surface area contributed by atoms with E-state index in [9.17, 15) is 9.59 Å². The quantitative estimate of drug-likeness (QED) is 0.775. The molecule has 0 radical (unpaired) electrons. The van der Waals surface area contributed by atoms with Crippen molar-refractivity contribution in [1.82, 2.24) is 4.90 Å². The summed E-state index contributed by atoms with van der Waals surface area (Å²) < 4.78 is 0. The van der Waals surface area contributed by atoms with E-state index < -0.39 is 5.91 Å². The molecule has 1 amide bonds. The number of hydrogen-bond donors (Lipinski definition) is 0. The fraction of sp³-hybridized carbons (Fsp3) is 0.500. The Bertz CT molecular complexity index is 545. The number of amides is 1. The van der Waals surface area contributed by atoms with Gasteiger partial charge in [0.05, 0.1) is 17.9 Å². The lowest BCUT2D eigenvalue weighted by Crippen LogP contribution is -2.47. The number of likely N-dealkylation sites (tertiary alicyclic amines) is 1. The SMILES string of the molecule is C[C@@H]1C[C@H](C)CN(CN2C(=O)C(=O)c3ccccc32)C1. The maximum atomic E-state index is 12.1. The highest BCUT2D eigenvalue weighted by molar-refractivity contribution is 6.52. The van der Waals surface area contributed by atoms with E-state index >= 15 is 0 Å². The number of piperidine rings is 1. The molecule has 2 aliphatic heterocycles. The summed E-state index contributed by atoms with van der Waals surface area (Å²) in [4.78, 5) is 28.0. The first kappa shape index (κ1) is 13.3. The minimum atomic E-state index is -0.392. The van der Waals surface area contributed by atoms with Crippen LogP contribution in [0.3, 0.4) is 0 Å². The second kappa shape index (κ2) is 5.02. The summed E-state index contributed by atoms with van der Waals surface area (Å²) in [5, 5.41) is 0. The van der Waals surface area contributed by atoms with Crippen molar-refractivity contribution in [3.05, 3.63) is 29.8 Å². The van der Waals surface area contributed by atoms with Gasteiger partial charge < -0.3 is 0 Å². The molecule has 1 saturated heterocycles. The number of carbonyl (C=O) groups is 2. The molecule has 0 aliphatic carbocycles. The van der Waals surface area contributed by atoms with Gasteiger partial charge in [0.1, 0.15) is 0 Å². The Hall–Kier alpha value is -1.68. The van der Waals surface area contributed by atoms with Crippen molar-refractivity contribution in [2.24, 2.45) is 11.8 Å². The second-order valence-corrected chi connectivity index (χ2v) is 6.20. The van der Waals surface area contributed by atoms with Crippen LogP contribution >= 0.6 is 0 Å². The lowest BCUT2D eigenvalue weighted by Gasteiger charge is -2.37. The van der Waals surface area contributed by atoms with Gasteiger partial charge in [-0.05, 0) is 30.4 Å². The number of para-hydroxylation sites is 1. The zero-order chi connectivity index (χ0) is 14.3. The van der Waals surface area contributed by atoms with E-state index in [0.717, 1.165) is 18.8 Å². The van der Waals surface area contributed by atoms with Gasteiger partial charge in [-0.2, -0.15) is 0 Å². The second-order valence-electron chi connectivity index (χ2n) is 6.20. The summed E-state index contributed by atoms with van der Waals surface area (Å²) >= 11 is 0. The molecular formula is C16H20N2O2. The van der Waals surface area contributed by atoms with Crippen LogP contribution in [0.5, 0.6) is 0 Å². The van der Waals surface area contributed by atoms with Crippen LogP contribution in [0.25, 0.3) is 0 Å². The fourth-order valence-corrected chi connectivity index (χ4v) is 3.50. The van der Waals surface area contributed by atoms with Crippen LogP contribution in [0.2, 0.25) is 0 Å². The Morgan fingerprint density at radius 1 is 1.10 bits per heavy atom. The smallest absolute Gasteiger partial charge is 0.291 e. The molecule has 20 heavy (non-hydrogen) atoms. The molecule has 0 spiro atoms.